The molecule has 0 radical (unpaired) electrons. The third-order valence-corrected chi connectivity index (χ3v) is 4.59. The van der Waals surface area contributed by atoms with Crippen LogP contribution in [0, 0.1) is 5.82 Å². The molecule has 4 heterocycles. The summed E-state index contributed by atoms with van der Waals surface area (Å²) in [7, 11) is 0. The number of hydrogen-bond acceptors (Lipinski definition) is 7. The molecular weight excluding hydrogens is 345 g/mol. The van der Waals surface area contributed by atoms with Crippen LogP contribution in [0.3, 0.4) is 0 Å². The third-order valence-electron chi connectivity index (χ3n) is 4.59. The summed E-state index contributed by atoms with van der Waals surface area (Å²) in [4.78, 5) is 23.7. The van der Waals surface area contributed by atoms with E-state index in [2.05, 4.69) is 35.1 Å². The predicted molar refractivity (Wildman–Crippen MR) is 98.8 cm³/mol. The van der Waals surface area contributed by atoms with E-state index in [9.17, 15) is 4.39 Å². The summed E-state index contributed by atoms with van der Waals surface area (Å²) in [5.41, 5.74) is 1.86. The Labute approximate surface area is 156 Å². The summed E-state index contributed by atoms with van der Waals surface area (Å²) in [5.74, 6) is 1.30. The van der Waals surface area contributed by atoms with Gasteiger partial charge < -0.3 is 5.32 Å². The Bertz CT molecular complexity index is 855. The van der Waals surface area contributed by atoms with Crippen LogP contribution in [0.15, 0.2) is 49.3 Å². The van der Waals surface area contributed by atoms with Crippen molar-refractivity contribution >= 4 is 11.6 Å². The molecule has 0 saturated carbocycles. The SMILES string of the molecule is Fc1ccc(CN2CCC[C@@H](c3cnc(Nc4cnccn4)cn3)C2)nc1. The molecule has 1 aliphatic rings. The summed E-state index contributed by atoms with van der Waals surface area (Å²) < 4.78 is 13.0. The molecule has 1 saturated heterocycles. The van der Waals surface area contributed by atoms with Gasteiger partial charge in [-0.05, 0) is 31.5 Å². The average Bonchev–Trinajstić information content (AvgIpc) is 2.71. The van der Waals surface area contributed by atoms with E-state index in [0.717, 1.165) is 43.9 Å². The molecule has 138 valence electrons. The smallest absolute Gasteiger partial charge is 0.150 e. The number of aromatic nitrogens is 5. The molecule has 1 atom stereocenters. The van der Waals surface area contributed by atoms with Gasteiger partial charge in [-0.15, -0.1) is 0 Å². The molecule has 0 bridgehead atoms. The second-order valence-corrected chi connectivity index (χ2v) is 6.58. The van der Waals surface area contributed by atoms with Crippen LogP contribution in [0.4, 0.5) is 16.0 Å². The van der Waals surface area contributed by atoms with Gasteiger partial charge >= 0.3 is 0 Å². The lowest BCUT2D eigenvalue weighted by atomic mass is 9.95. The van der Waals surface area contributed by atoms with Crippen molar-refractivity contribution in [3.63, 3.8) is 0 Å². The van der Waals surface area contributed by atoms with Crippen molar-refractivity contribution in [2.24, 2.45) is 0 Å². The van der Waals surface area contributed by atoms with E-state index in [0.29, 0.717) is 17.6 Å². The highest BCUT2D eigenvalue weighted by Gasteiger charge is 2.23. The van der Waals surface area contributed by atoms with Crippen LogP contribution in [0.5, 0.6) is 0 Å². The number of anilines is 2. The van der Waals surface area contributed by atoms with Gasteiger partial charge in [-0.1, -0.05) is 0 Å². The minimum Gasteiger partial charge on any atom is -0.322 e. The highest BCUT2D eigenvalue weighted by atomic mass is 19.1. The number of nitrogens with zero attached hydrogens (tertiary/aromatic N) is 6. The van der Waals surface area contributed by atoms with Gasteiger partial charge in [0.1, 0.15) is 17.5 Å². The molecule has 0 aromatic carbocycles. The fourth-order valence-corrected chi connectivity index (χ4v) is 3.28. The lowest BCUT2D eigenvalue weighted by Gasteiger charge is -2.32. The molecular formula is C19H20FN7. The van der Waals surface area contributed by atoms with Gasteiger partial charge in [0, 0.05) is 31.4 Å². The topological polar surface area (TPSA) is 79.7 Å². The minimum absolute atomic E-state index is 0.305. The Kier molecular flexibility index (Phi) is 5.24. The number of hydrogen-bond donors (Lipinski definition) is 1. The number of pyridine rings is 1. The molecule has 3 aromatic rings. The number of nitrogens with one attached hydrogen (secondary N) is 1. The lowest BCUT2D eigenvalue weighted by Crippen LogP contribution is -2.34. The molecule has 0 unspecified atom stereocenters. The zero-order valence-electron chi connectivity index (χ0n) is 14.8. The van der Waals surface area contributed by atoms with Gasteiger partial charge in [-0.3, -0.25) is 19.9 Å². The van der Waals surface area contributed by atoms with Gasteiger partial charge in [0.05, 0.1) is 36.2 Å². The monoisotopic (exact) mass is 365 g/mol. The standard InChI is InChI=1S/C19H20FN7/c20-15-3-4-16(23-8-15)13-27-7-1-2-14(12-27)17-9-25-19(11-24-17)26-18-10-21-5-6-22-18/h3-6,8-11,14H,1-2,7,12-13H2,(H,22,25,26)/t14-/m1/s1. The largest absolute Gasteiger partial charge is 0.322 e. The molecule has 27 heavy (non-hydrogen) atoms. The maximum Gasteiger partial charge on any atom is 0.150 e. The van der Waals surface area contributed by atoms with Crippen LogP contribution in [-0.2, 0) is 6.54 Å². The first-order chi connectivity index (χ1) is 13.3. The van der Waals surface area contributed by atoms with E-state index >= 15 is 0 Å². The minimum atomic E-state index is -0.305. The lowest BCUT2D eigenvalue weighted by molar-refractivity contribution is 0.196. The highest BCUT2D eigenvalue weighted by molar-refractivity contribution is 5.48. The van der Waals surface area contributed by atoms with E-state index in [-0.39, 0.29) is 5.82 Å². The molecule has 0 aliphatic carbocycles. The molecule has 7 nitrogen and oxygen atoms in total. The normalized spacial score (nSPS) is 17.6. The Morgan fingerprint density at radius 3 is 2.67 bits per heavy atom. The van der Waals surface area contributed by atoms with Crippen LogP contribution in [0.25, 0.3) is 0 Å². The molecule has 1 N–H and O–H groups in total. The van der Waals surface area contributed by atoms with Gasteiger partial charge in [0.15, 0.2) is 0 Å². The van der Waals surface area contributed by atoms with Crippen LogP contribution >= 0.6 is 0 Å². The molecule has 8 heteroatoms. The summed E-state index contributed by atoms with van der Waals surface area (Å²) in [6.45, 7) is 2.62. The quantitative estimate of drug-likeness (QED) is 0.744. The van der Waals surface area contributed by atoms with Gasteiger partial charge in [0.25, 0.3) is 0 Å². The summed E-state index contributed by atoms with van der Waals surface area (Å²) in [6.07, 6.45) is 11.9. The number of rotatable bonds is 5. The zero-order chi connectivity index (χ0) is 18.5. The maximum atomic E-state index is 13.0. The highest BCUT2D eigenvalue weighted by Crippen LogP contribution is 2.26. The van der Waals surface area contributed by atoms with E-state index in [1.807, 2.05) is 6.20 Å². The van der Waals surface area contributed by atoms with Crippen molar-refractivity contribution in [1.82, 2.24) is 29.8 Å². The Hall–Kier alpha value is -3.00. The first kappa shape index (κ1) is 17.4. The molecule has 3 aromatic heterocycles. The zero-order valence-corrected chi connectivity index (χ0v) is 14.8. The van der Waals surface area contributed by atoms with Crippen molar-refractivity contribution < 1.29 is 4.39 Å². The predicted octanol–water partition coefficient (Wildman–Crippen LogP) is 2.92. The first-order valence-electron chi connectivity index (χ1n) is 8.94. The summed E-state index contributed by atoms with van der Waals surface area (Å²) in [6, 6.07) is 3.20. The van der Waals surface area contributed by atoms with Crippen molar-refractivity contribution in [2.75, 3.05) is 18.4 Å². The van der Waals surface area contributed by atoms with Crippen molar-refractivity contribution in [2.45, 2.75) is 25.3 Å². The van der Waals surface area contributed by atoms with E-state index in [1.165, 1.54) is 12.3 Å². The average molecular weight is 365 g/mol. The maximum absolute atomic E-state index is 13.0. The first-order valence-corrected chi connectivity index (χ1v) is 8.94. The van der Waals surface area contributed by atoms with Gasteiger partial charge in [-0.2, -0.15) is 0 Å². The van der Waals surface area contributed by atoms with Crippen molar-refractivity contribution in [3.05, 3.63) is 66.5 Å². The number of halogens is 1. The summed E-state index contributed by atoms with van der Waals surface area (Å²) >= 11 is 0. The summed E-state index contributed by atoms with van der Waals surface area (Å²) in [5, 5.41) is 3.08. The van der Waals surface area contributed by atoms with Crippen LogP contribution in [0.2, 0.25) is 0 Å². The Morgan fingerprint density at radius 1 is 1.00 bits per heavy atom. The fourth-order valence-electron chi connectivity index (χ4n) is 3.28. The third kappa shape index (κ3) is 4.59. The Morgan fingerprint density at radius 2 is 1.93 bits per heavy atom. The van der Waals surface area contributed by atoms with Gasteiger partial charge in [-0.25, -0.2) is 14.4 Å². The number of likely N-dealkylation sites (tertiary alicyclic amines) is 1. The van der Waals surface area contributed by atoms with Crippen molar-refractivity contribution in [3.8, 4) is 0 Å². The van der Waals surface area contributed by atoms with E-state index in [4.69, 9.17) is 0 Å². The second kappa shape index (κ2) is 8.13. The molecule has 0 amide bonds. The molecule has 1 aliphatic heterocycles. The van der Waals surface area contributed by atoms with Crippen molar-refractivity contribution in [1.29, 1.82) is 0 Å². The molecule has 4 rings (SSSR count). The fraction of sp³-hybridized carbons (Fsp3) is 0.316. The van der Waals surface area contributed by atoms with Crippen LogP contribution < -0.4 is 5.32 Å². The number of piperidine rings is 1. The van der Waals surface area contributed by atoms with Crippen LogP contribution in [0.1, 0.15) is 30.1 Å². The van der Waals surface area contributed by atoms with E-state index < -0.39 is 0 Å². The van der Waals surface area contributed by atoms with E-state index in [1.54, 1.807) is 30.9 Å². The molecule has 0 spiro atoms. The van der Waals surface area contributed by atoms with Crippen LogP contribution in [-0.4, -0.2) is 42.9 Å². The Balaban J connectivity index is 1.38. The van der Waals surface area contributed by atoms with Gasteiger partial charge in [0.2, 0.25) is 0 Å². The second-order valence-electron chi connectivity index (χ2n) is 6.58. The molecule has 1 fully saturated rings.